The maximum atomic E-state index is 11.7. The monoisotopic (exact) mass is 287 g/mol. The van der Waals surface area contributed by atoms with Crippen LogP contribution in [0.3, 0.4) is 0 Å². The quantitative estimate of drug-likeness (QED) is 0.793. The number of benzene rings is 1. The van der Waals surface area contributed by atoms with Crippen molar-refractivity contribution in [1.82, 2.24) is 5.32 Å². The fourth-order valence-corrected chi connectivity index (χ4v) is 3.28. The normalized spacial score (nSPS) is 17.3. The maximum absolute atomic E-state index is 11.7. The molecule has 1 aromatic carbocycles. The number of amides is 1. The van der Waals surface area contributed by atoms with Crippen LogP contribution < -0.4 is 5.32 Å². The first-order chi connectivity index (χ1) is 10.2. The molecule has 0 heterocycles. The van der Waals surface area contributed by atoms with Crippen LogP contribution in [-0.4, -0.2) is 12.5 Å². The van der Waals surface area contributed by atoms with E-state index in [-0.39, 0.29) is 5.91 Å². The topological polar surface area (TPSA) is 29.1 Å². The van der Waals surface area contributed by atoms with Crippen molar-refractivity contribution in [2.45, 2.75) is 71.1 Å². The highest BCUT2D eigenvalue weighted by Crippen LogP contribution is 2.34. The van der Waals surface area contributed by atoms with Crippen LogP contribution in [0.25, 0.3) is 0 Å². The summed E-state index contributed by atoms with van der Waals surface area (Å²) in [4.78, 5) is 11.7. The van der Waals surface area contributed by atoms with Gasteiger partial charge in [0.1, 0.15) is 0 Å². The van der Waals surface area contributed by atoms with Crippen LogP contribution in [0.2, 0.25) is 0 Å². The zero-order chi connectivity index (χ0) is 15.1. The Hall–Kier alpha value is -1.31. The molecule has 2 nitrogen and oxygen atoms in total. The number of rotatable bonds is 7. The van der Waals surface area contributed by atoms with Crippen LogP contribution >= 0.6 is 0 Å². The van der Waals surface area contributed by atoms with Gasteiger partial charge in [-0.1, -0.05) is 38.5 Å². The molecule has 1 N–H and O–H groups in total. The summed E-state index contributed by atoms with van der Waals surface area (Å²) >= 11 is 0. The van der Waals surface area contributed by atoms with Crippen LogP contribution in [-0.2, 0) is 17.6 Å². The Bertz CT molecular complexity index is 467. The molecule has 0 fully saturated rings. The SMILES string of the molecule is CCCCC(=O)NCC[C@H]1CCCc2ccc(CC)cc21. The molecule has 0 aliphatic heterocycles. The Labute approximate surface area is 129 Å². The van der Waals surface area contributed by atoms with Gasteiger partial charge in [0, 0.05) is 13.0 Å². The first kappa shape index (κ1) is 16.1. The van der Waals surface area contributed by atoms with Crippen molar-refractivity contribution in [3.05, 3.63) is 34.9 Å². The van der Waals surface area contributed by atoms with E-state index >= 15 is 0 Å². The molecular formula is C19H29NO. The van der Waals surface area contributed by atoms with Gasteiger partial charge in [-0.15, -0.1) is 0 Å². The lowest BCUT2D eigenvalue weighted by Crippen LogP contribution is -2.26. The van der Waals surface area contributed by atoms with Gasteiger partial charge in [-0.2, -0.15) is 0 Å². The molecule has 2 rings (SSSR count). The van der Waals surface area contributed by atoms with Crippen molar-refractivity contribution in [2.24, 2.45) is 0 Å². The molecule has 1 aliphatic carbocycles. The molecule has 116 valence electrons. The average molecular weight is 287 g/mol. The minimum absolute atomic E-state index is 0.218. The van der Waals surface area contributed by atoms with Crippen molar-refractivity contribution in [3.63, 3.8) is 0 Å². The molecule has 1 aromatic rings. The van der Waals surface area contributed by atoms with E-state index in [9.17, 15) is 4.79 Å². The van der Waals surface area contributed by atoms with E-state index in [0.29, 0.717) is 12.3 Å². The second-order valence-electron chi connectivity index (χ2n) is 6.22. The summed E-state index contributed by atoms with van der Waals surface area (Å²) in [7, 11) is 0. The maximum Gasteiger partial charge on any atom is 0.219 e. The largest absolute Gasteiger partial charge is 0.356 e. The molecule has 0 saturated heterocycles. The molecule has 1 atom stereocenters. The number of nitrogens with one attached hydrogen (secondary N) is 1. The van der Waals surface area contributed by atoms with E-state index in [4.69, 9.17) is 0 Å². The number of aryl methyl sites for hydroxylation is 2. The zero-order valence-corrected chi connectivity index (χ0v) is 13.6. The highest BCUT2D eigenvalue weighted by molar-refractivity contribution is 5.75. The van der Waals surface area contributed by atoms with Crippen molar-refractivity contribution in [1.29, 1.82) is 0 Å². The van der Waals surface area contributed by atoms with Gasteiger partial charge in [-0.3, -0.25) is 4.79 Å². The first-order valence-electron chi connectivity index (χ1n) is 8.63. The van der Waals surface area contributed by atoms with E-state index in [1.807, 2.05) is 0 Å². The molecule has 0 radical (unpaired) electrons. The average Bonchev–Trinajstić information content (AvgIpc) is 2.52. The van der Waals surface area contributed by atoms with E-state index < -0.39 is 0 Å². The van der Waals surface area contributed by atoms with Gasteiger partial charge in [0.2, 0.25) is 5.91 Å². The minimum Gasteiger partial charge on any atom is -0.356 e. The van der Waals surface area contributed by atoms with E-state index in [1.165, 1.54) is 30.4 Å². The number of fused-ring (bicyclic) bond motifs is 1. The lowest BCUT2D eigenvalue weighted by atomic mass is 9.80. The number of carbonyl (C=O) groups is 1. The van der Waals surface area contributed by atoms with E-state index in [1.54, 1.807) is 5.56 Å². The second kappa shape index (κ2) is 8.21. The van der Waals surface area contributed by atoms with Crippen LogP contribution in [0.5, 0.6) is 0 Å². The van der Waals surface area contributed by atoms with Crippen molar-refractivity contribution in [2.75, 3.05) is 6.54 Å². The zero-order valence-electron chi connectivity index (χ0n) is 13.6. The molecular weight excluding hydrogens is 258 g/mol. The van der Waals surface area contributed by atoms with E-state index in [0.717, 1.165) is 32.2 Å². The predicted molar refractivity (Wildman–Crippen MR) is 88.7 cm³/mol. The van der Waals surface area contributed by atoms with Crippen LogP contribution in [0.4, 0.5) is 0 Å². The summed E-state index contributed by atoms with van der Waals surface area (Å²) in [5.74, 6) is 0.849. The lowest BCUT2D eigenvalue weighted by molar-refractivity contribution is -0.121. The molecule has 1 amide bonds. The number of hydrogen-bond acceptors (Lipinski definition) is 1. The summed E-state index contributed by atoms with van der Waals surface area (Å²) in [5, 5.41) is 3.09. The molecule has 2 heteroatoms. The lowest BCUT2D eigenvalue weighted by Gasteiger charge is -2.26. The summed E-state index contributed by atoms with van der Waals surface area (Å²) in [6.07, 6.45) is 8.72. The molecule has 0 aromatic heterocycles. The third-order valence-electron chi connectivity index (χ3n) is 4.63. The Morgan fingerprint density at radius 3 is 2.95 bits per heavy atom. The van der Waals surface area contributed by atoms with Crippen molar-refractivity contribution >= 4 is 5.91 Å². The third kappa shape index (κ3) is 4.59. The molecule has 1 aliphatic rings. The fourth-order valence-electron chi connectivity index (χ4n) is 3.28. The molecule has 0 bridgehead atoms. The molecule has 0 saturated carbocycles. The van der Waals surface area contributed by atoms with Crippen LogP contribution in [0.1, 0.15) is 75.0 Å². The van der Waals surface area contributed by atoms with Crippen LogP contribution in [0, 0.1) is 0 Å². The van der Waals surface area contributed by atoms with Gasteiger partial charge in [0.15, 0.2) is 0 Å². The van der Waals surface area contributed by atoms with Crippen LogP contribution in [0.15, 0.2) is 18.2 Å². The highest BCUT2D eigenvalue weighted by atomic mass is 16.1. The number of carbonyl (C=O) groups excluding carboxylic acids is 1. The first-order valence-corrected chi connectivity index (χ1v) is 8.63. The van der Waals surface area contributed by atoms with Gasteiger partial charge in [0.05, 0.1) is 0 Å². The van der Waals surface area contributed by atoms with E-state index in [2.05, 4.69) is 37.4 Å². The minimum atomic E-state index is 0.218. The van der Waals surface area contributed by atoms with Gasteiger partial charge < -0.3 is 5.32 Å². The molecule has 0 spiro atoms. The molecule has 0 unspecified atom stereocenters. The Balaban J connectivity index is 1.89. The van der Waals surface area contributed by atoms with Crippen molar-refractivity contribution in [3.8, 4) is 0 Å². The van der Waals surface area contributed by atoms with Gasteiger partial charge in [0.25, 0.3) is 0 Å². The van der Waals surface area contributed by atoms with Gasteiger partial charge >= 0.3 is 0 Å². The summed E-state index contributed by atoms with van der Waals surface area (Å²) in [5.41, 5.74) is 4.51. The summed E-state index contributed by atoms with van der Waals surface area (Å²) in [6, 6.07) is 6.99. The Morgan fingerprint density at radius 1 is 1.33 bits per heavy atom. The van der Waals surface area contributed by atoms with Gasteiger partial charge in [-0.05, 0) is 61.1 Å². The number of unbranched alkanes of at least 4 members (excludes halogenated alkanes) is 1. The summed E-state index contributed by atoms with van der Waals surface area (Å²) < 4.78 is 0. The fraction of sp³-hybridized carbons (Fsp3) is 0.632. The van der Waals surface area contributed by atoms with Gasteiger partial charge in [-0.25, -0.2) is 0 Å². The summed E-state index contributed by atoms with van der Waals surface area (Å²) in [6.45, 7) is 5.16. The Morgan fingerprint density at radius 2 is 2.19 bits per heavy atom. The number of hydrogen-bond donors (Lipinski definition) is 1. The van der Waals surface area contributed by atoms with Crippen molar-refractivity contribution < 1.29 is 4.79 Å². The standard InChI is InChI=1S/C19H29NO/c1-3-5-9-19(21)20-13-12-17-8-6-7-16-11-10-15(4-2)14-18(16)17/h10-11,14,17H,3-9,12-13H2,1-2H3,(H,20,21)/t17-/m1/s1. The highest BCUT2D eigenvalue weighted by Gasteiger charge is 2.20. The Kier molecular flexibility index (Phi) is 6.28. The smallest absolute Gasteiger partial charge is 0.219 e. The predicted octanol–water partition coefficient (Wildman–Crippen LogP) is 4.37. The third-order valence-corrected chi connectivity index (χ3v) is 4.63. The molecule has 21 heavy (non-hydrogen) atoms. The second-order valence-corrected chi connectivity index (χ2v) is 6.22.